The minimum Gasteiger partial charge on any atom is -0.376 e. The van der Waals surface area contributed by atoms with E-state index in [-0.39, 0.29) is 0 Å². The van der Waals surface area contributed by atoms with Crippen molar-refractivity contribution in [2.45, 2.75) is 25.4 Å². The number of morpholine rings is 1. The number of aromatic nitrogens is 1. The summed E-state index contributed by atoms with van der Waals surface area (Å²) in [7, 11) is 0. The predicted molar refractivity (Wildman–Crippen MR) is 72.4 cm³/mol. The lowest BCUT2D eigenvalue weighted by atomic mass is 10.1. The SMILES string of the molecule is NCC[C@@H]1CN(CCCc2cccnc2)CCO1. The third-order valence-corrected chi connectivity index (χ3v) is 3.37. The van der Waals surface area contributed by atoms with Gasteiger partial charge in [-0.1, -0.05) is 6.07 Å². The van der Waals surface area contributed by atoms with Crippen molar-refractivity contribution in [1.29, 1.82) is 0 Å². The lowest BCUT2D eigenvalue weighted by Gasteiger charge is -2.32. The van der Waals surface area contributed by atoms with E-state index in [4.69, 9.17) is 10.5 Å². The van der Waals surface area contributed by atoms with Crippen molar-refractivity contribution in [3.05, 3.63) is 30.1 Å². The van der Waals surface area contributed by atoms with Crippen LogP contribution in [0.15, 0.2) is 24.5 Å². The molecule has 0 aromatic carbocycles. The molecular weight excluding hydrogens is 226 g/mol. The summed E-state index contributed by atoms with van der Waals surface area (Å²) in [6, 6.07) is 4.14. The van der Waals surface area contributed by atoms with Crippen LogP contribution in [-0.4, -0.2) is 48.8 Å². The molecule has 0 radical (unpaired) electrons. The van der Waals surface area contributed by atoms with Gasteiger partial charge in [0.15, 0.2) is 0 Å². The molecule has 0 unspecified atom stereocenters. The molecule has 100 valence electrons. The number of ether oxygens (including phenoxy) is 1. The van der Waals surface area contributed by atoms with Crippen LogP contribution in [0.2, 0.25) is 0 Å². The maximum atomic E-state index is 5.68. The van der Waals surface area contributed by atoms with Crippen molar-refractivity contribution in [2.24, 2.45) is 5.73 Å². The number of nitrogens with two attached hydrogens (primary N) is 1. The molecule has 1 saturated heterocycles. The van der Waals surface area contributed by atoms with Crippen LogP contribution in [0.25, 0.3) is 0 Å². The van der Waals surface area contributed by atoms with Gasteiger partial charge in [-0.2, -0.15) is 0 Å². The lowest BCUT2D eigenvalue weighted by molar-refractivity contribution is -0.0308. The summed E-state index contributed by atoms with van der Waals surface area (Å²) in [6.07, 6.45) is 7.37. The highest BCUT2D eigenvalue weighted by atomic mass is 16.5. The fourth-order valence-corrected chi connectivity index (χ4v) is 2.40. The molecular formula is C14H23N3O. The van der Waals surface area contributed by atoms with Crippen LogP contribution >= 0.6 is 0 Å². The van der Waals surface area contributed by atoms with Gasteiger partial charge in [0.2, 0.25) is 0 Å². The maximum Gasteiger partial charge on any atom is 0.0714 e. The molecule has 1 fully saturated rings. The summed E-state index contributed by atoms with van der Waals surface area (Å²) in [5, 5.41) is 0. The summed E-state index contributed by atoms with van der Waals surface area (Å²) in [4.78, 5) is 6.63. The van der Waals surface area contributed by atoms with Crippen molar-refractivity contribution < 1.29 is 4.74 Å². The predicted octanol–water partition coefficient (Wildman–Crippen LogP) is 1.06. The van der Waals surface area contributed by atoms with E-state index in [1.165, 1.54) is 12.0 Å². The summed E-state index contributed by atoms with van der Waals surface area (Å²) >= 11 is 0. The average Bonchev–Trinajstić information content (AvgIpc) is 2.41. The van der Waals surface area contributed by atoms with Crippen LogP contribution in [-0.2, 0) is 11.2 Å². The van der Waals surface area contributed by atoms with Gasteiger partial charge in [-0.05, 0) is 44.0 Å². The zero-order chi connectivity index (χ0) is 12.6. The Morgan fingerprint density at radius 3 is 3.22 bits per heavy atom. The van der Waals surface area contributed by atoms with E-state index >= 15 is 0 Å². The normalized spacial score (nSPS) is 21.1. The molecule has 2 heterocycles. The fourth-order valence-electron chi connectivity index (χ4n) is 2.40. The van der Waals surface area contributed by atoms with Crippen molar-refractivity contribution in [3.63, 3.8) is 0 Å². The Morgan fingerprint density at radius 1 is 1.50 bits per heavy atom. The van der Waals surface area contributed by atoms with Crippen LogP contribution in [0, 0.1) is 0 Å². The monoisotopic (exact) mass is 249 g/mol. The summed E-state index contributed by atoms with van der Waals surface area (Å²) in [5.41, 5.74) is 6.90. The fraction of sp³-hybridized carbons (Fsp3) is 0.643. The minimum atomic E-state index is 0.335. The van der Waals surface area contributed by atoms with Crippen LogP contribution in [0.1, 0.15) is 18.4 Å². The molecule has 4 heteroatoms. The van der Waals surface area contributed by atoms with Crippen LogP contribution < -0.4 is 5.73 Å². The first-order chi connectivity index (χ1) is 8.88. The average molecular weight is 249 g/mol. The van der Waals surface area contributed by atoms with Crippen molar-refractivity contribution in [2.75, 3.05) is 32.8 Å². The second kappa shape index (κ2) is 7.46. The molecule has 18 heavy (non-hydrogen) atoms. The zero-order valence-electron chi connectivity index (χ0n) is 10.9. The van der Waals surface area contributed by atoms with Crippen molar-refractivity contribution >= 4 is 0 Å². The molecule has 0 spiro atoms. The summed E-state index contributed by atoms with van der Waals surface area (Å²) < 4.78 is 5.68. The second-order valence-corrected chi connectivity index (χ2v) is 4.84. The van der Waals surface area contributed by atoms with Gasteiger partial charge in [-0.25, -0.2) is 0 Å². The number of nitrogens with zero attached hydrogens (tertiary/aromatic N) is 2. The number of pyridine rings is 1. The first-order valence-corrected chi connectivity index (χ1v) is 6.81. The standard InChI is InChI=1S/C14H23N3O/c15-6-5-14-12-17(9-10-18-14)8-2-4-13-3-1-7-16-11-13/h1,3,7,11,14H,2,4-6,8-10,12,15H2/t14-/m1/s1. The van der Waals surface area contributed by atoms with E-state index in [9.17, 15) is 0 Å². The third-order valence-electron chi connectivity index (χ3n) is 3.37. The highest BCUT2D eigenvalue weighted by Gasteiger charge is 2.18. The van der Waals surface area contributed by atoms with E-state index in [1.807, 2.05) is 18.5 Å². The maximum absolute atomic E-state index is 5.68. The Labute approximate surface area is 109 Å². The van der Waals surface area contributed by atoms with E-state index in [1.54, 1.807) is 0 Å². The topological polar surface area (TPSA) is 51.4 Å². The molecule has 4 nitrogen and oxygen atoms in total. The van der Waals surface area contributed by atoms with Crippen molar-refractivity contribution in [3.8, 4) is 0 Å². The van der Waals surface area contributed by atoms with Crippen LogP contribution in [0.4, 0.5) is 0 Å². The van der Waals surface area contributed by atoms with Crippen LogP contribution in [0.5, 0.6) is 0 Å². The molecule has 1 aromatic rings. The Balaban J connectivity index is 1.67. The highest BCUT2D eigenvalue weighted by molar-refractivity contribution is 5.08. The minimum absolute atomic E-state index is 0.335. The molecule has 2 N–H and O–H groups in total. The molecule has 0 saturated carbocycles. The van der Waals surface area contributed by atoms with Crippen LogP contribution in [0.3, 0.4) is 0 Å². The van der Waals surface area contributed by atoms with Gasteiger partial charge >= 0.3 is 0 Å². The largest absolute Gasteiger partial charge is 0.376 e. The summed E-state index contributed by atoms with van der Waals surface area (Å²) in [5.74, 6) is 0. The first kappa shape index (κ1) is 13.5. The molecule has 0 amide bonds. The van der Waals surface area contributed by atoms with Gasteiger partial charge in [0.25, 0.3) is 0 Å². The van der Waals surface area contributed by atoms with Gasteiger partial charge in [0, 0.05) is 25.5 Å². The molecule has 1 aromatic heterocycles. The molecule has 1 atom stereocenters. The van der Waals surface area contributed by atoms with Crippen molar-refractivity contribution in [1.82, 2.24) is 9.88 Å². The Kier molecular flexibility index (Phi) is 5.58. The molecule has 0 bridgehead atoms. The summed E-state index contributed by atoms with van der Waals surface area (Å²) in [6.45, 7) is 4.78. The molecule has 2 rings (SSSR count). The van der Waals surface area contributed by atoms with Gasteiger partial charge in [0.1, 0.15) is 0 Å². The Hall–Kier alpha value is -0.970. The van der Waals surface area contributed by atoms with Gasteiger partial charge in [-0.3, -0.25) is 9.88 Å². The van der Waals surface area contributed by atoms with E-state index in [2.05, 4.69) is 16.0 Å². The molecule has 1 aliphatic rings. The van der Waals surface area contributed by atoms with Gasteiger partial charge in [0.05, 0.1) is 12.7 Å². The molecule has 1 aliphatic heterocycles. The van der Waals surface area contributed by atoms with E-state index in [0.717, 1.165) is 39.1 Å². The number of hydrogen-bond donors (Lipinski definition) is 1. The molecule has 0 aliphatic carbocycles. The zero-order valence-corrected chi connectivity index (χ0v) is 10.9. The Bertz CT molecular complexity index is 329. The smallest absolute Gasteiger partial charge is 0.0714 e. The quantitative estimate of drug-likeness (QED) is 0.819. The van der Waals surface area contributed by atoms with E-state index < -0.39 is 0 Å². The van der Waals surface area contributed by atoms with E-state index in [0.29, 0.717) is 12.6 Å². The third kappa shape index (κ3) is 4.37. The number of aryl methyl sites for hydroxylation is 1. The van der Waals surface area contributed by atoms with Gasteiger partial charge < -0.3 is 10.5 Å². The second-order valence-electron chi connectivity index (χ2n) is 4.84. The number of rotatable bonds is 6. The Morgan fingerprint density at radius 2 is 2.44 bits per heavy atom. The highest BCUT2D eigenvalue weighted by Crippen LogP contribution is 2.09. The first-order valence-electron chi connectivity index (χ1n) is 6.81. The number of hydrogen-bond acceptors (Lipinski definition) is 4. The lowest BCUT2D eigenvalue weighted by Crippen LogP contribution is -2.43. The van der Waals surface area contributed by atoms with Gasteiger partial charge in [-0.15, -0.1) is 0 Å².